The summed E-state index contributed by atoms with van der Waals surface area (Å²) in [5.41, 5.74) is 0.424. The van der Waals surface area contributed by atoms with Gasteiger partial charge in [0.05, 0.1) is 11.7 Å². The van der Waals surface area contributed by atoms with Gasteiger partial charge in [0.25, 0.3) is 0 Å². The number of aliphatic hydroxyl groups is 2. The van der Waals surface area contributed by atoms with Crippen molar-refractivity contribution in [2.45, 2.75) is 77.4 Å². The van der Waals surface area contributed by atoms with Gasteiger partial charge in [-0.15, -0.1) is 0 Å². The topological polar surface area (TPSA) is 57.5 Å². The SMILES string of the molecule is C[C@]12CCC(=O)C=C1CC[C@@H]1[C@@H]2[C@@H](O)C[C@@]2(C)[C@H]1CC[C@]2(C)O. The number of aliphatic hydroxyl groups excluding tert-OH is 1. The molecule has 3 heteroatoms. The minimum Gasteiger partial charge on any atom is -0.393 e. The third-order valence-corrected chi connectivity index (χ3v) is 8.46. The number of fused-ring (bicyclic) bond motifs is 5. The van der Waals surface area contributed by atoms with Crippen molar-refractivity contribution in [2.24, 2.45) is 28.6 Å². The Morgan fingerprint density at radius 2 is 1.87 bits per heavy atom. The van der Waals surface area contributed by atoms with E-state index in [1.165, 1.54) is 5.57 Å². The third-order valence-electron chi connectivity index (χ3n) is 8.46. The van der Waals surface area contributed by atoms with Gasteiger partial charge < -0.3 is 10.2 Å². The number of allylic oxidation sites excluding steroid dienone is 1. The molecule has 3 saturated carbocycles. The molecule has 0 aliphatic heterocycles. The number of rotatable bonds is 0. The molecule has 128 valence electrons. The predicted molar refractivity (Wildman–Crippen MR) is 88.7 cm³/mol. The van der Waals surface area contributed by atoms with Crippen LogP contribution in [0.2, 0.25) is 0 Å². The Kier molecular flexibility index (Phi) is 3.23. The van der Waals surface area contributed by atoms with E-state index in [0.29, 0.717) is 24.7 Å². The molecule has 0 saturated heterocycles. The van der Waals surface area contributed by atoms with E-state index >= 15 is 0 Å². The summed E-state index contributed by atoms with van der Waals surface area (Å²) >= 11 is 0. The molecule has 0 unspecified atom stereocenters. The van der Waals surface area contributed by atoms with E-state index in [1.807, 2.05) is 13.0 Å². The number of hydrogen-bond donors (Lipinski definition) is 2. The van der Waals surface area contributed by atoms with E-state index in [4.69, 9.17) is 0 Å². The lowest BCUT2D eigenvalue weighted by Crippen LogP contribution is -2.59. The monoisotopic (exact) mass is 318 g/mol. The highest BCUT2D eigenvalue weighted by atomic mass is 16.3. The second-order valence-electron chi connectivity index (χ2n) is 9.39. The van der Waals surface area contributed by atoms with Gasteiger partial charge in [0.15, 0.2) is 5.78 Å². The molecule has 0 aromatic heterocycles. The summed E-state index contributed by atoms with van der Waals surface area (Å²) in [5.74, 6) is 1.49. The Morgan fingerprint density at radius 1 is 1.13 bits per heavy atom. The van der Waals surface area contributed by atoms with Crippen molar-refractivity contribution in [1.29, 1.82) is 0 Å². The number of carbonyl (C=O) groups is 1. The minimum absolute atomic E-state index is 0.0218. The van der Waals surface area contributed by atoms with Crippen molar-refractivity contribution in [3.8, 4) is 0 Å². The van der Waals surface area contributed by atoms with Crippen LogP contribution in [0, 0.1) is 28.6 Å². The van der Waals surface area contributed by atoms with Gasteiger partial charge in [-0.3, -0.25) is 4.79 Å². The Balaban J connectivity index is 1.75. The summed E-state index contributed by atoms with van der Waals surface area (Å²) in [6.07, 6.45) is 7.69. The largest absolute Gasteiger partial charge is 0.393 e. The zero-order valence-electron chi connectivity index (χ0n) is 14.6. The van der Waals surface area contributed by atoms with Crippen LogP contribution in [0.1, 0.15) is 65.7 Å². The molecule has 3 nitrogen and oxygen atoms in total. The predicted octanol–water partition coefficient (Wildman–Crippen LogP) is 3.24. The van der Waals surface area contributed by atoms with E-state index in [0.717, 1.165) is 32.1 Å². The summed E-state index contributed by atoms with van der Waals surface area (Å²) in [5, 5.41) is 22.0. The molecule has 23 heavy (non-hydrogen) atoms. The molecule has 4 rings (SSSR count). The lowest BCUT2D eigenvalue weighted by molar-refractivity contribution is -0.166. The maximum absolute atomic E-state index is 11.8. The molecule has 0 spiro atoms. The first kappa shape index (κ1) is 15.8. The summed E-state index contributed by atoms with van der Waals surface area (Å²) in [7, 11) is 0. The summed E-state index contributed by atoms with van der Waals surface area (Å²) in [4.78, 5) is 11.8. The maximum Gasteiger partial charge on any atom is 0.155 e. The van der Waals surface area contributed by atoms with Crippen LogP contribution in [0.4, 0.5) is 0 Å². The molecule has 3 fully saturated rings. The molecule has 0 heterocycles. The molecular weight excluding hydrogens is 288 g/mol. The number of ketones is 1. The normalized spacial score (nSPS) is 55.7. The molecule has 0 aromatic carbocycles. The van der Waals surface area contributed by atoms with Crippen molar-refractivity contribution in [3.63, 3.8) is 0 Å². The van der Waals surface area contributed by atoms with Crippen LogP contribution in [-0.4, -0.2) is 27.7 Å². The zero-order chi connectivity index (χ0) is 16.6. The van der Waals surface area contributed by atoms with E-state index in [2.05, 4.69) is 13.8 Å². The first-order valence-corrected chi connectivity index (χ1v) is 9.33. The molecule has 4 aliphatic rings. The molecule has 0 amide bonds. The molecule has 7 atom stereocenters. The highest BCUT2D eigenvalue weighted by molar-refractivity contribution is 5.91. The molecule has 0 radical (unpaired) electrons. The van der Waals surface area contributed by atoms with Crippen LogP contribution in [-0.2, 0) is 4.79 Å². The summed E-state index contributed by atoms with van der Waals surface area (Å²) < 4.78 is 0. The standard InChI is InChI=1S/C20H30O3/c1-18-8-6-13(21)10-12(18)4-5-14-15-7-9-20(3,23)19(15,2)11-16(22)17(14)18/h10,14-17,22-23H,4-9,11H2,1-3H3/t14-,15-,16-,17+,18-,19-,20-/m0/s1. The first-order chi connectivity index (χ1) is 10.7. The maximum atomic E-state index is 11.8. The minimum atomic E-state index is -0.664. The van der Waals surface area contributed by atoms with Gasteiger partial charge in [-0.2, -0.15) is 0 Å². The average molecular weight is 318 g/mol. The average Bonchev–Trinajstić information content (AvgIpc) is 2.69. The lowest BCUT2D eigenvalue weighted by Gasteiger charge is -2.60. The molecular formula is C20H30O3. The Morgan fingerprint density at radius 3 is 2.61 bits per heavy atom. The van der Waals surface area contributed by atoms with Crippen LogP contribution in [0.15, 0.2) is 11.6 Å². The van der Waals surface area contributed by atoms with Crippen LogP contribution in [0.25, 0.3) is 0 Å². The van der Waals surface area contributed by atoms with Crippen molar-refractivity contribution < 1.29 is 15.0 Å². The number of hydrogen-bond acceptors (Lipinski definition) is 3. The van der Waals surface area contributed by atoms with Crippen molar-refractivity contribution in [3.05, 3.63) is 11.6 Å². The Hall–Kier alpha value is -0.670. The van der Waals surface area contributed by atoms with Crippen molar-refractivity contribution >= 4 is 5.78 Å². The fourth-order valence-corrected chi connectivity index (χ4v) is 6.91. The van der Waals surface area contributed by atoms with E-state index in [1.54, 1.807) is 0 Å². The summed E-state index contributed by atoms with van der Waals surface area (Å²) in [6, 6.07) is 0. The molecule has 4 aliphatic carbocycles. The van der Waals surface area contributed by atoms with Crippen LogP contribution in [0.5, 0.6) is 0 Å². The Labute approximate surface area is 139 Å². The van der Waals surface area contributed by atoms with Gasteiger partial charge >= 0.3 is 0 Å². The third kappa shape index (κ3) is 1.93. The Bertz CT molecular complexity index is 577. The molecule has 0 aromatic rings. The smallest absolute Gasteiger partial charge is 0.155 e. The molecule has 0 bridgehead atoms. The lowest BCUT2D eigenvalue weighted by atomic mass is 9.45. The summed E-state index contributed by atoms with van der Waals surface area (Å²) in [6.45, 7) is 6.44. The van der Waals surface area contributed by atoms with Gasteiger partial charge in [-0.05, 0) is 74.7 Å². The second-order valence-corrected chi connectivity index (χ2v) is 9.39. The van der Waals surface area contributed by atoms with Gasteiger partial charge in [-0.1, -0.05) is 19.4 Å². The fraction of sp³-hybridized carbons (Fsp3) is 0.850. The van der Waals surface area contributed by atoms with Gasteiger partial charge in [-0.25, -0.2) is 0 Å². The zero-order valence-corrected chi connectivity index (χ0v) is 14.6. The van der Waals surface area contributed by atoms with E-state index in [9.17, 15) is 15.0 Å². The first-order valence-electron chi connectivity index (χ1n) is 9.33. The highest BCUT2D eigenvalue weighted by Gasteiger charge is 2.64. The van der Waals surface area contributed by atoms with Gasteiger partial charge in [0, 0.05) is 11.8 Å². The van der Waals surface area contributed by atoms with E-state index < -0.39 is 5.60 Å². The molecule has 2 N–H and O–H groups in total. The quantitative estimate of drug-likeness (QED) is 0.721. The fourth-order valence-electron chi connectivity index (χ4n) is 6.91. The second kappa shape index (κ2) is 4.70. The highest BCUT2D eigenvalue weighted by Crippen LogP contribution is 2.67. The van der Waals surface area contributed by atoms with Gasteiger partial charge in [0.1, 0.15) is 0 Å². The number of carbonyl (C=O) groups excluding carboxylic acids is 1. The van der Waals surface area contributed by atoms with Crippen LogP contribution >= 0.6 is 0 Å². The van der Waals surface area contributed by atoms with Crippen molar-refractivity contribution in [1.82, 2.24) is 0 Å². The van der Waals surface area contributed by atoms with Crippen LogP contribution < -0.4 is 0 Å². The van der Waals surface area contributed by atoms with Gasteiger partial charge in [0.2, 0.25) is 0 Å². The van der Waals surface area contributed by atoms with Crippen molar-refractivity contribution in [2.75, 3.05) is 0 Å². The van der Waals surface area contributed by atoms with E-state index in [-0.39, 0.29) is 28.6 Å². The van der Waals surface area contributed by atoms with Crippen LogP contribution in [0.3, 0.4) is 0 Å².